The minimum absolute atomic E-state index is 0.193. The van der Waals surface area contributed by atoms with Gasteiger partial charge in [-0.15, -0.1) is 0 Å². The molecule has 7 nitrogen and oxygen atoms in total. The molecule has 2 saturated heterocycles. The van der Waals surface area contributed by atoms with Gasteiger partial charge in [-0.25, -0.2) is 4.90 Å². The van der Waals surface area contributed by atoms with Crippen LogP contribution in [0.4, 0.5) is 5.69 Å². The molecule has 0 aromatic heterocycles. The number of ketones is 2. The van der Waals surface area contributed by atoms with Crippen LogP contribution < -0.4 is 9.64 Å². The van der Waals surface area contributed by atoms with Gasteiger partial charge >= 0.3 is 0 Å². The molecular formula is C28H20ClNO6. The van der Waals surface area contributed by atoms with Crippen molar-refractivity contribution in [1.82, 2.24) is 0 Å². The number of hydrogen-bond acceptors (Lipinski definition) is 6. The first kappa shape index (κ1) is 22.6. The van der Waals surface area contributed by atoms with Crippen LogP contribution >= 0.6 is 11.6 Å². The quantitative estimate of drug-likeness (QED) is 0.388. The van der Waals surface area contributed by atoms with E-state index in [0.29, 0.717) is 28.6 Å². The number of fused-ring (bicyclic) bond motifs is 3. The first-order valence-corrected chi connectivity index (χ1v) is 12.0. The summed E-state index contributed by atoms with van der Waals surface area (Å²) >= 11 is 6.01. The molecule has 3 aromatic rings. The lowest BCUT2D eigenvalue weighted by molar-refractivity contribution is -0.127. The molecule has 3 atom stereocenters. The number of nitrogens with zero attached hydrogens (tertiary/aromatic N) is 1. The normalized spacial score (nSPS) is 23.9. The smallest absolute Gasteiger partial charge is 0.241 e. The average Bonchev–Trinajstić information content (AvgIpc) is 3.45. The van der Waals surface area contributed by atoms with Gasteiger partial charge in [0.25, 0.3) is 0 Å². The van der Waals surface area contributed by atoms with Crippen molar-refractivity contribution >= 4 is 40.7 Å². The molecule has 6 rings (SSSR count). The highest BCUT2D eigenvalue weighted by Crippen LogP contribution is 2.57. The molecule has 3 aliphatic rings. The molecule has 0 bridgehead atoms. The Labute approximate surface area is 211 Å². The van der Waals surface area contributed by atoms with Crippen molar-refractivity contribution in [3.05, 3.63) is 94.5 Å². The van der Waals surface area contributed by atoms with E-state index < -0.39 is 46.9 Å². The number of imide groups is 1. The Morgan fingerprint density at radius 1 is 0.861 bits per heavy atom. The molecule has 1 spiro atoms. The number of ether oxygens (including phenoxy) is 2. The molecule has 1 aliphatic carbocycles. The summed E-state index contributed by atoms with van der Waals surface area (Å²) < 4.78 is 11.8. The lowest BCUT2D eigenvalue weighted by Gasteiger charge is -2.27. The van der Waals surface area contributed by atoms with Gasteiger partial charge in [0.15, 0.2) is 0 Å². The van der Waals surface area contributed by atoms with Gasteiger partial charge in [0.1, 0.15) is 5.75 Å². The van der Waals surface area contributed by atoms with Gasteiger partial charge < -0.3 is 9.47 Å². The zero-order chi connectivity index (χ0) is 25.2. The number of halogens is 1. The fourth-order valence-electron chi connectivity index (χ4n) is 5.58. The summed E-state index contributed by atoms with van der Waals surface area (Å²) in [6, 6.07) is 19.6. The van der Waals surface area contributed by atoms with Crippen molar-refractivity contribution in [2.75, 3.05) is 11.5 Å². The summed E-state index contributed by atoms with van der Waals surface area (Å²) in [4.78, 5) is 56.2. The van der Waals surface area contributed by atoms with E-state index in [9.17, 15) is 19.2 Å². The minimum atomic E-state index is -2.11. The number of benzene rings is 3. The Morgan fingerprint density at radius 3 is 2.06 bits per heavy atom. The molecule has 2 aliphatic heterocycles. The topological polar surface area (TPSA) is 90.0 Å². The van der Waals surface area contributed by atoms with Crippen molar-refractivity contribution < 1.29 is 28.7 Å². The number of amides is 2. The molecular weight excluding hydrogens is 482 g/mol. The average molecular weight is 502 g/mol. The number of carbonyl (C=O) groups excluding carboxylic acids is 4. The summed E-state index contributed by atoms with van der Waals surface area (Å²) in [5.41, 5.74) is -0.829. The van der Waals surface area contributed by atoms with E-state index in [1.165, 1.54) is 0 Å². The van der Waals surface area contributed by atoms with Crippen LogP contribution in [-0.2, 0) is 14.3 Å². The van der Waals surface area contributed by atoms with Gasteiger partial charge in [-0.2, -0.15) is 0 Å². The van der Waals surface area contributed by atoms with E-state index in [4.69, 9.17) is 21.1 Å². The summed E-state index contributed by atoms with van der Waals surface area (Å²) in [7, 11) is 0. The maximum absolute atomic E-state index is 13.9. The monoisotopic (exact) mass is 501 g/mol. The Kier molecular flexibility index (Phi) is 5.10. The number of hydrogen-bond donors (Lipinski definition) is 0. The molecule has 2 amide bonds. The highest BCUT2D eigenvalue weighted by Gasteiger charge is 2.74. The Hall–Kier alpha value is -3.81. The second-order valence-electron chi connectivity index (χ2n) is 8.97. The first-order valence-electron chi connectivity index (χ1n) is 11.6. The lowest BCUT2D eigenvalue weighted by atomic mass is 9.77. The van der Waals surface area contributed by atoms with Crippen LogP contribution in [0.1, 0.15) is 39.3 Å². The number of carbonyl (C=O) groups is 4. The van der Waals surface area contributed by atoms with Gasteiger partial charge in [-0.1, -0.05) is 48.0 Å². The van der Waals surface area contributed by atoms with E-state index in [1.54, 1.807) is 72.8 Å². The molecule has 0 unspecified atom stereocenters. The fraction of sp³-hybridized carbons (Fsp3) is 0.214. The predicted octanol–water partition coefficient (Wildman–Crippen LogP) is 4.43. The summed E-state index contributed by atoms with van der Waals surface area (Å²) in [6.07, 6.45) is -0.985. The van der Waals surface area contributed by atoms with Gasteiger partial charge in [0.2, 0.25) is 29.0 Å². The van der Waals surface area contributed by atoms with Crippen molar-refractivity contribution in [2.24, 2.45) is 11.8 Å². The van der Waals surface area contributed by atoms with Gasteiger partial charge in [0, 0.05) is 16.1 Å². The van der Waals surface area contributed by atoms with Crippen molar-refractivity contribution in [3.8, 4) is 5.75 Å². The van der Waals surface area contributed by atoms with E-state index >= 15 is 0 Å². The lowest BCUT2D eigenvalue weighted by Crippen LogP contribution is -2.51. The largest absolute Gasteiger partial charge is 0.494 e. The maximum Gasteiger partial charge on any atom is 0.241 e. The number of Topliss-reactive ketones (excluding diaryl/α,β-unsaturated/α-hetero) is 2. The van der Waals surface area contributed by atoms with Crippen LogP contribution in [0.5, 0.6) is 5.75 Å². The van der Waals surface area contributed by atoms with Crippen LogP contribution in [0.25, 0.3) is 0 Å². The van der Waals surface area contributed by atoms with Gasteiger partial charge in [0.05, 0.1) is 30.2 Å². The Morgan fingerprint density at radius 2 is 1.47 bits per heavy atom. The second-order valence-corrected chi connectivity index (χ2v) is 9.41. The van der Waals surface area contributed by atoms with Crippen LogP contribution in [0, 0.1) is 11.8 Å². The van der Waals surface area contributed by atoms with Crippen molar-refractivity contribution in [1.29, 1.82) is 0 Å². The molecule has 2 fully saturated rings. The fourth-order valence-corrected chi connectivity index (χ4v) is 5.71. The molecule has 3 aromatic carbocycles. The van der Waals surface area contributed by atoms with Crippen LogP contribution in [-0.4, -0.2) is 35.6 Å². The molecule has 36 heavy (non-hydrogen) atoms. The van der Waals surface area contributed by atoms with E-state index in [0.717, 1.165) is 4.90 Å². The van der Waals surface area contributed by atoms with E-state index in [-0.39, 0.29) is 11.1 Å². The molecule has 0 N–H and O–H groups in total. The first-order chi connectivity index (χ1) is 17.4. The molecule has 0 saturated carbocycles. The molecule has 0 radical (unpaired) electrons. The summed E-state index contributed by atoms with van der Waals surface area (Å²) in [6.45, 7) is 2.35. The number of rotatable bonds is 4. The van der Waals surface area contributed by atoms with Gasteiger partial charge in [-0.05, 0) is 48.9 Å². The minimum Gasteiger partial charge on any atom is -0.494 e. The molecule has 180 valence electrons. The van der Waals surface area contributed by atoms with Crippen molar-refractivity contribution in [3.63, 3.8) is 0 Å². The highest BCUT2D eigenvalue weighted by atomic mass is 35.5. The molecule has 2 heterocycles. The third-order valence-electron chi connectivity index (χ3n) is 7.12. The predicted molar refractivity (Wildman–Crippen MR) is 130 cm³/mol. The number of anilines is 1. The summed E-state index contributed by atoms with van der Waals surface area (Å²) in [5.74, 6) is -4.09. The van der Waals surface area contributed by atoms with E-state index in [2.05, 4.69) is 0 Å². The summed E-state index contributed by atoms with van der Waals surface area (Å²) in [5, 5.41) is 0.446. The standard InChI is InChI=1S/C28H20ClNO6/c1-2-35-18-13-7-15(8-14-18)23-21-22(27(34)30(26(21)33)17-11-9-16(29)10-12-17)28(36-23)24(31)19-5-3-4-6-20(19)25(28)32/h3-14,21-23H,2H2,1H3/t21-,22-,23-/m0/s1. The highest BCUT2D eigenvalue weighted by molar-refractivity contribution is 6.37. The second kappa shape index (κ2) is 8.11. The zero-order valence-corrected chi connectivity index (χ0v) is 19.9. The van der Waals surface area contributed by atoms with Gasteiger partial charge in [-0.3, -0.25) is 19.2 Å². The van der Waals surface area contributed by atoms with E-state index in [1.807, 2.05) is 6.92 Å². The third-order valence-corrected chi connectivity index (χ3v) is 7.38. The Bertz CT molecular complexity index is 1400. The molecule has 8 heteroatoms. The van der Waals surface area contributed by atoms with Crippen molar-refractivity contribution in [2.45, 2.75) is 18.6 Å². The van der Waals surface area contributed by atoms with Crippen LogP contribution in [0.15, 0.2) is 72.8 Å². The van der Waals surface area contributed by atoms with Crippen LogP contribution in [0.3, 0.4) is 0 Å². The maximum atomic E-state index is 13.9. The third kappa shape index (κ3) is 2.96. The van der Waals surface area contributed by atoms with Crippen LogP contribution in [0.2, 0.25) is 5.02 Å². The Balaban J connectivity index is 1.50. The SMILES string of the molecule is CCOc1ccc([C@@H]2OC3(C(=O)c4ccccc4C3=O)[C@@H]3C(=O)N(c4ccc(Cl)cc4)C(=O)[C@@H]32)cc1. The zero-order valence-electron chi connectivity index (χ0n) is 19.1.